The third-order valence-electron chi connectivity index (χ3n) is 1.71. The Kier molecular flexibility index (Phi) is 2.32. The molecule has 2 rings (SSSR count). The van der Waals surface area contributed by atoms with E-state index >= 15 is 0 Å². The number of carbonyl (C=O) groups is 1. The highest BCUT2D eigenvalue weighted by atomic mass is 16.3. The van der Waals surface area contributed by atoms with Gasteiger partial charge in [-0.3, -0.25) is 4.79 Å². The van der Waals surface area contributed by atoms with Gasteiger partial charge in [-0.2, -0.15) is 0 Å². The van der Waals surface area contributed by atoms with Crippen molar-refractivity contribution in [3.05, 3.63) is 54.4 Å². The lowest BCUT2D eigenvalue weighted by Gasteiger charge is -1.86. The van der Waals surface area contributed by atoms with Crippen molar-refractivity contribution in [1.29, 1.82) is 0 Å². The highest BCUT2D eigenvalue weighted by Crippen LogP contribution is 2.06. The van der Waals surface area contributed by atoms with Crippen LogP contribution in [0.2, 0.25) is 0 Å². The number of hydrogen-bond acceptors (Lipinski definition) is 3. The number of furan rings is 2. The van der Waals surface area contributed by atoms with Crippen LogP contribution in [0.4, 0.5) is 0 Å². The van der Waals surface area contributed by atoms with E-state index in [1.165, 1.54) is 12.3 Å². The fourth-order valence-electron chi connectivity index (χ4n) is 1.04. The molecule has 0 fully saturated rings. The van der Waals surface area contributed by atoms with Crippen molar-refractivity contribution >= 4 is 11.9 Å². The zero-order valence-corrected chi connectivity index (χ0v) is 7.34. The van der Waals surface area contributed by atoms with Gasteiger partial charge >= 0.3 is 0 Å². The van der Waals surface area contributed by atoms with Gasteiger partial charge in [0.1, 0.15) is 5.76 Å². The van der Waals surface area contributed by atoms with Gasteiger partial charge in [-0.05, 0) is 36.4 Å². The van der Waals surface area contributed by atoms with Crippen molar-refractivity contribution in [3.8, 4) is 0 Å². The summed E-state index contributed by atoms with van der Waals surface area (Å²) >= 11 is 0. The Morgan fingerprint density at radius 3 is 2.57 bits per heavy atom. The maximum atomic E-state index is 11.4. The molecule has 0 radical (unpaired) electrons. The molecule has 0 atom stereocenters. The molecule has 0 amide bonds. The number of rotatable bonds is 3. The fourth-order valence-corrected chi connectivity index (χ4v) is 1.04. The SMILES string of the molecule is O=C(/C=C\c1ccco1)c1ccco1. The molecular weight excluding hydrogens is 180 g/mol. The molecule has 0 aliphatic carbocycles. The average Bonchev–Trinajstić information content (AvgIpc) is 2.87. The third-order valence-corrected chi connectivity index (χ3v) is 1.71. The van der Waals surface area contributed by atoms with Crippen molar-refractivity contribution in [3.63, 3.8) is 0 Å². The van der Waals surface area contributed by atoms with Gasteiger partial charge in [0.25, 0.3) is 0 Å². The molecule has 0 N–H and O–H groups in total. The highest BCUT2D eigenvalue weighted by Gasteiger charge is 2.03. The Bertz CT molecular complexity index is 421. The van der Waals surface area contributed by atoms with Gasteiger partial charge < -0.3 is 8.83 Å². The molecule has 70 valence electrons. The lowest BCUT2D eigenvalue weighted by Crippen LogP contribution is -1.89. The molecule has 0 aliphatic rings. The van der Waals surface area contributed by atoms with E-state index in [9.17, 15) is 4.79 Å². The zero-order valence-electron chi connectivity index (χ0n) is 7.34. The Hall–Kier alpha value is -2.03. The molecule has 0 unspecified atom stereocenters. The fraction of sp³-hybridized carbons (Fsp3) is 0. The van der Waals surface area contributed by atoms with Gasteiger partial charge in [0, 0.05) is 0 Å². The maximum Gasteiger partial charge on any atom is 0.221 e. The molecule has 0 bridgehead atoms. The Balaban J connectivity index is 2.09. The van der Waals surface area contributed by atoms with E-state index in [-0.39, 0.29) is 5.78 Å². The molecule has 0 spiro atoms. The molecular formula is C11H8O3. The zero-order chi connectivity index (χ0) is 9.80. The molecule has 2 heterocycles. The van der Waals surface area contributed by atoms with Crippen LogP contribution in [-0.4, -0.2) is 5.78 Å². The van der Waals surface area contributed by atoms with Crippen LogP contribution in [0, 0.1) is 0 Å². The molecule has 2 aromatic rings. The molecule has 3 nitrogen and oxygen atoms in total. The van der Waals surface area contributed by atoms with Crippen molar-refractivity contribution in [2.75, 3.05) is 0 Å². The highest BCUT2D eigenvalue weighted by molar-refractivity contribution is 6.04. The van der Waals surface area contributed by atoms with E-state index in [1.54, 1.807) is 36.6 Å². The first kappa shape index (κ1) is 8.56. The standard InChI is InChI=1S/C11H8O3/c12-10(11-4-2-8-14-11)6-5-9-3-1-7-13-9/h1-8H/b6-5-. The molecule has 0 aromatic carbocycles. The maximum absolute atomic E-state index is 11.4. The van der Waals surface area contributed by atoms with Crippen LogP contribution in [0.5, 0.6) is 0 Å². The number of allylic oxidation sites excluding steroid dienone is 1. The van der Waals surface area contributed by atoms with E-state index in [4.69, 9.17) is 8.83 Å². The third kappa shape index (κ3) is 1.82. The minimum atomic E-state index is -0.175. The Morgan fingerprint density at radius 2 is 1.93 bits per heavy atom. The quantitative estimate of drug-likeness (QED) is 0.549. The summed E-state index contributed by atoms with van der Waals surface area (Å²) in [6.45, 7) is 0. The summed E-state index contributed by atoms with van der Waals surface area (Å²) < 4.78 is 9.97. The van der Waals surface area contributed by atoms with E-state index in [0.717, 1.165) is 0 Å². The topological polar surface area (TPSA) is 43.4 Å². The Labute approximate surface area is 80.6 Å². The molecule has 3 heteroatoms. The van der Waals surface area contributed by atoms with Crippen LogP contribution < -0.4 is 0 Å². The van der Waals surface area contributed by atoms with Crippen molar-refractivity contribution < 1.29 is 13.6 Å². The summed E-state index contributed by atoms with van der Waals surface area (Å²) in [5.74, 6) is 0.795. The lowest BCUT2D eigenvalue weighted by molar-refractivity contribution is 0.102. The number of carbonyl (C=O) groups excluding carboxylic acids is 1. The first-order valence-corrected chi connectivity index (χ1v) is 4.16. The van der Waals surface area contributed by atoms with E-state index in [1.807, 2.05) is 0 Å². The van der Waals surface area contributed by atoms with Crippen molar-refractivity contribution in [2.45, 2.75) is 0 Å². The lowest BCUT2D eigenvalue weighted by atomic mass is 10.2. The summed E-state index contributed by atoms with van der Waals surface area (Å²) in [7, 11) is 0. The van der Waals surface area contributed by atoms with Gasteiger partial charge in [0.15, 0.2) is 5.76 Å². The van der Waals surface area contributed by atoms with Crippen molar-refractivity contribution in [1.82, 2.24) is 0 Å². The van der Waals surface area contributed by atoms with Gasteiger partial charge in [-0.1, -0.05) is 0 Å². The normalized spacial score (nSPS) is 10.9. The van der Waals surface area contributed by atoms with E-state index in [0.29, 0.717) is 11.5 Å². The van der Waals surface area contributed by atoms with Crippen LogP contribution >= 0.6 is 0 Å². The summed E-state index contributed by atoms with van der Waals surface area (Å²) in [5, 5.41) is 0. The van der Waals surface area contributed by atoms with Crippen LogP contribution in [0.25, 0.3) is 6.08 Å². The molecule has 0 aliphatic heterocycles. The van der Waals surface area contributed by atoms with Crippen molar-refractivity contribution in [2.24, 2.45) is 0 Å². The van der Waals surface area contributed by atoms with Crippen LogP contribution in [0.15, 0.2) is 51.7 Å². The average molecular weight is 188 g/mol. The van der Waals surface area contributed by atoms with Crippen LogP contribution in [0.3, 0.4) is 0 Å². The molecule has 0 saturated carbocycles. The summed E-state index contributed by atoms with van der Waals surface area (Å²) in [4.78, 5) is 11.4. The molecule has 14 heavy (non-hydrogen) atoms. The predicted molar refractivity (Wildman–Crippen MR) is 50.8 cm³/mol. The summed E-state index contributed by atoms with van der Waals surface area (Å²) in [6, 6.07) is 6.83. The Morgan fingerprint density at radius 1 is 1.14 bits per heavy atom. The second-order valence-corrected chi connectivity index (χ2v) is 2.69. The van der Waals surface area contributed by atoms with Gasteiger partial charge in [0.05, 0.1) is 12.5 Å². The second kappa shape index (κ2) is 3.79. The minimum absolute atomic E-state index is 0.175. The van der Waals surface area contributed by atoms with Gasteiger partial charge in [-0.25, -0.2) is 0 Å². The number of hydrogen-bond donors (Lipinski definition) is 0. The minimum Gasteiger partial charge on any atom is -0.465 e. The monoisotopic (exact) mass is 188 g/mol. The van der Waals surface area contributed by atoms with E-state index < -0.39 is 0 Å². The first-order chi connectivity index (χ1) is 6.86. The number of ketones is 1. The van der Waals surface area contributed by atoms with Crippen LogP contribution in [-0.2, 0) is 0 Å². The second-order valence-electron chi connectivity index (χ2n) is 2.69. The molecule has 0 saturated heterocycles. The smallest absolute Gasteiger partial charge is 0.221 e. The largest absolute Gasteiger partial charge is 0.465 e. The van der Waals surface area contributed by atoms with Gasteiger partial charge in [0.2, 0.25) is 5.78 Å². The van der Waals surface area contributed by atoms with Crippen LogP contribution in [0.1, 0.15) is 16.3 Å². The first-order valence-electron chi connectivity index (χ1n) is 4.16. The summed E-state index contributed by atoms with van der Waals surface area (Å²) in [6.07, 6.45) is 6.04. The van der Waals surface area contributed by atoms with Gasteiger partial charge in [-0.15, -0.1) is 0 Å². The summed E-state index contributed by atoms with van der Waals surface area (Å²) in [5.41, 5.74) is 0. The predicted octanol–water partition coefficient (Wildman–Crippen LogP) is 2.77. The van der Waals surface area contributed by atoms with E-state index in [2.05, 4.69) is 0 Å². The molecule has 2 aromatic heterocycles.